The highest BCUT2D eigenvalue weighted by molar-refractivity contribution is 7.11. The highest BCUT2D eigenvalue weighted by Gasteiger charge is 1.99. The second-order valence-electron chi connectivity index (χ2n) is 1.28. The van der Waals surface area contributed by atoms with Crippen molar-refractivity contribution >= 4 is 17.3 Å². The summed E-state index contributed by atoms with van der Waals surface area (Å²) in [5.41, 5.74) is 0. The lowest BCUT2D eigenvalue weighted by Crippen LogP contribution is -1.89. The summed E-state index contributed by atoms with van der Waals surface area (Å²) < 4.78 is 0. The van der Waals surface area contributed by atoms with E-state index >= 15 is 0 Å². The normalized spacial score (nSPS) is 9.00. The van der Waals surface area contributed by atoms with Gasteiger partial charge in [0.2, 0.25) is 0 Å². The van der Waals surface area contributed by atoms with E-state index in [1.165, 1.54) is 11.3 Å². The number of hydrogen-bond acceptors (Lipinski definition) is 2. The Kier molecular flexibility index (Phi) is 1.30. The highest BCUT2D eigenvalue weighted by Crippen LogP contribution is 2.06. The molecule has 42 valence electrons. The van der Waals surface area contributed by atoms with E-state index in [0.717, 1.165) is 0 Å². The van der Waals surface area contributed by atoms with Crippen LogP contribution in [0.25, 0.3) is 0 Å². The molecule has 0 aliphatic heterocycles. The molecule has 0 saturated carbocycles. The number of carboxylic acids is 1. The van der Waals surface area contributed by atoms with Crippen molar-refractivity contribution in [3.63, 3.8) is 0 Å². The van der Waals surface area contributed by atoms with Crippen molar-refractivity contribution in [2.24, 2.45) is 0 Å². The van der Waals surface area contributed by atoms with Crippen molar-refractivity contribution < 1.29 is 9.90 Å². The standard InChI is InChI=1S/C5H4O2S/c6-5(7)4-2-1-3-8-4/h1-3H,(H,6,7)/i5+2. The molecule has 1 aromatic heterocycles. The van der Waals surface area contributed by atoms with Crippen LogP contribution in [0.4, 0.5) is 0 Å². The Morgan fingerprint density at radius 2 is 2.50 bits per heavy atom. The van der Waals surface area contributed by atoms with Crippen LogP contribution < -0.4 is 0 Å². The Morgan fingerprint density at radius 3 is 2.75 bits per heavy atom. The zero-order valence-electron chi connectivity index (χ0n) is 4.00. The van der Waals surface area contributed by atoms with E-state index < -0.39 is 5.97 Å². The van der Waals surface area contributed by atoms with Gasteiger partial charge in [-0.25, -0.2) is 4.79 Å². The maximum Gasteiger partial charge on any atom is 0.345 e. The summed E-state index contributed by atoms with van der Waals surface area (Å²) in [6.07, 6.45) is 0. The van der Waals surface area contributed by atoms with Gasteiger partial charge in [-0.3, -0.25) is 0 Å². The SMILES string of the molecule is O=[14C](O)c1cccs1. The van der Waals surface area contributed by atoms with Gasteiger partial charge in [-0.15, -0.1) is 11.3 Å². The smallest absolute Gasteiger partial charge is 0.345 e. The lowest BCUT2D eigenvalue weighted by Gasteiger charge is -1.78. The minimum absolute atomic E-state index is 0.394. The molecule has 0 atom stereocenters. The van der Waals surface area contributed by atoms with Crippen LogP contribution in [-0.2, 0) is 0 Å². The largest absolute Gasteiger partial charge is 0.477 e. The number of thiophene rings is 1. The topological polar surface area (TPSA) is 37.3 Å². The summed E-state index contributed by atoms with van der Waals surface area (Å²) >= 11 is 1.23. The van der Waals surface area contributed by atoms with E-state index in [2.05, 4.69) is 0 Å². The molecule has 0 aromatic carbocycles. The first-order valence-corrected chi connectivity index (χ1v) is 2.95. The van der Waals surface area contributed by atoms with Crippen LogP contribution in [0.15, 0.2) is 17.5 Å². The molecular weight excluding hydrogens is 126 g/mol. The first-order chi connectivity index (χ1) is 3.80. The van der Waals surface area contributed by atoms with Gasteiger partial charge >= 0.3 is 5.97 Å². The van der Waals surface area contributed by atoms with Gasteiger partial charge in [0.25, 0.3) is 0 Å². The average Bonchev–Trinajstić information content (AvgIpc) is 2.12. The fourth-order valence-electron chi connectivity index (χ4n) is 0.400. The predicted octanol–water partition coefficient (Wildman–Crippen LogP) is 1.45. The van der Waals surface area contributed by atoms with E-state index in [1.807, 2.05) is 0 Å². The van der Waals surface area contributed by atoms with Crippen LogP contribution in [0, 0.1) is 0 Å². The average molecular weight is 130 g/mol. The molecule has 0 aliphatic rings. The molecule has 1 heterocycles. The number of rotatable bonds is 1. The zero-order chi connectivity index (χ0) is 5.98. The van der Waals surface area contributed by atoms with Gasteiger partial charge in [0.1, 0.15) is 4.88 Å². The monoisotopic (exact) mass is 130 g/mol. The van der Waals surface area contributed by atoms with Crippen LogP contribution >= 0.6 is 11.3 Å². The number of hydrogen-bond donors (Lipinski definition) is 1. The van der Waals surface area contributed by atoms with Crippen LogP contribution in [0.1, 0.15) is 9.67 Å². The Bertz CT molecular complexity index is 178. The van der Waals surface area contributed by atoms with Gasteiger partial charge in [0, 0.05) is 0 Å². The molecule has 0 spiro atoms. The lowest BCUT2D eigenvalue weighted by molar-refractivity contribution is 0.0702. The third-order valence-corrected chi connectivity index (χ3v) is 1.59. The molecule has 1 aromatic rings. The van der Waals surface area contributed by atoms with Crippen LogP contribution in [0.2, 0.25) is 0 Å². The molecule has 3 heteroatoms. The molecule has 1 rings (SSSR count). The molecule has 0 bridgehead atoms. The first-order valence-electron chi connectivity index (χ1n) is 2.07. The van der Waals surface area contributed by atoms with E-state index in [9.17, 15) is 4.79 Å². The van der Waals surface area contributed by atoms with Crippen molar-refractivity contribution in [1.29, 1.82) is 0 Å². The number of carboxylic acid groups (broad SMARTS) is 1. The molecular formula is C5H4O2S. The molecule has 2 nitrogen and oxygen atoms in total. The molecule has 0 radical (unpaired) electrons. The van der Waals surface area contributed by atoms with E-state index in [0.29, 0.717) is 4.88 Å². The van der Waals surface area contributed by atoms with E-state index in [1.54, 1.807) is 17.5 Å². The van der Waals surface area contributed by atoms with E-state index in [-0.39, 0.29) is 0 Å². The van der Waals surface area contributed by atoms with Crippen LogP contribution in [0.3, 0.4) is 0 Å². The number of carbonyl (C=O) groups is 1. The summed E-state index contributed by atoms with van der Waals surface area (Å²) in [7, 11) is 0. The third kappa shape index (κ3) is 0.869. The van der Waals surface area contributed by atoms with E-state index in [4.69, 9.17) is 5.11 Å². The maximum absolute atomic E-state index is 10.1. The van der Waals surface area contributed by atoms with Gasteiger partial charge < -0.3 is 5.11 Å². The Morgan fingerprint density at radius 1 is 1.75 bits per heavy atom. The minimum atomic E-state index is -0.847. The van der Waals surface area contributed by atoms with Crippen molar-refractivity contribution in [2.75, 3.05) is 0 Å². The van der Waals surface area contributed by atoms with Gasteiger partial charge in [-0.2, -0.15) is 0 Å². The number of aromatic carboxylic acids is 1. The third-order valence-electron chi connectivity index (χ3n) is 0.732. The summed E-state index contributed by atoms with van der Waals surface area (Å²) in [4.78, 5) is 10.5. The Balaban J connectivity index is 2.93. The second kappa shape index (κ2) is 1.96. The Hall–Kier alpha value is -0.830. The Labute approximate surface area is 50.4 Å². The quantitative estimate of drug-likeness (QED) is 0.624. The first kappa shape index (κ1) is 5.31. The molecule has 0 amide bonds. The molecule has 0 aliphatic carbocycles. The fraction of sp³-hybridized carbons (Fsp3) is 0. The highest BCUT2D eigenvalue weighted by atomic mass is 32.1. The van der Waals surface area contributed by atoms with Crippen molar-refractivity contribution in [3.05, 3.63) is 22.4 Å². The fourth-order valence-corrected chi connectivity index (χ4v) is 0.962. The van der Waals surface area contributed by atoms with Crippen molar-refractivity contribution in [1.82, 2.24) is 0 Å². The summed E-state index contributed by atoms with van der Waals surface area (Å²) in [5.74, 6) is -0.847. The van der Waals surface area contributed by atoms with Crippen molar-refractivity contribution in [2.45, 2.75) is 0 Å². The molecule has 0 unspecified atom stereocenters. The van der Waals surface area contributed by atoms with Gasteiger partial charge in [-0.1, -0.05) is 6.07 Å². The van der Waals surface area contributed by atoms with Gasteiger partial charge in [0.05, 0.1) is 0 Å². The molecule has 8 heavy (non-hydrogen) atoms. The van der Waals surface area contributed by atoms with Crippen LogP contribution in [0.5, 0.6) is 0 Å². The molecule has 0 saturated heterocycles. The minimum Gasteiger partial charge on any atom is -0.477 e. The molecule has 1 N–H and O–H groups in total. The van der Waals surface area contributed by atoms with Crippen molar-refractivity contribution in [3.8, 4) is 0 Å². The second-order valence-corrected chi connectivity index (χ2v) is 2.23. The van der Waals surface area contributed by atoms with Crippen LogP contribution in [-0.4, -0.2) is 11.1 Å². The molecule has 0 fully saturated rings. The summed E-state index contributed by atoms with van der Waals surface area (Å²) in [5, 5.41) is 10.0. The maximum atomic E-state index is 10.1. The summed E-state index contributed by atoms with van der Waals surface area (Å²) in [6.45, 7) is 0. The summed E-state index contributed by atoms with van der Waals surface area (Å²) in [6, 6.07) is 3.29. The lowest BCUT2D eigenvalue weighted by atomic mass is 10.6. The zero-order valence-corrected chi connectivity index (χ0v) is 4.81. The predicted molar refractivity (Wildman–Crippen MR) is 31.3 cm³/mol. The van der Waals surface area contributed by atoms with Gasteiger partial charge in [-0.05, 0) is 11.4 Å². The van der Waals surface area contributed by atoms with Gasteiger partial charge in [0.15, 0.2) is 0 Å².